The Morgan fingerprint density at radius 1 is 0.914 bits per heavy atom. The molecule has 2 aliphatic heterocycles. The average Bonchev–Trinajstić information content (AvgIpc) is 3.41. The molecule has 0 spiro atoms. The van der Waals surface area contributed by atoms with Gasteiger partial charge in [-0.1, -0.05) is 31.2 Å². The lowest BCUT2D eigenvalue weighted by molar-refractivity contribution is -0.134. The molecule has 0 aliphatic carbocycles. The summed E-state index contributed by atoms with van der Waals surface area (Å²) in [6.07, 6.45) is 2.58. The molecule has 1 aromatic heterocycles. The standard InChI is InChI=1S/C26H35N5O3S/c1-2-20-6-3-4-7-22(20)28-24(32)18-30-13-15-31(16-14-30)25(33)19-29-11-9-21(10-12-29)27-26(34)23-8-5-17-35-23/h3-8,17,21H,2,9-16,18-19H2,1H3,(H,27,34)(H,28,32). The number of anilines is 1. The number of rotatable bonds is 8. The molecule has 8 nitrogen and oxygen atoms in total. The monoisotopic (exact) mass is 497 g/mol. The Hall–Kier alpha value is -2.75. The second-order valence-electron chi connectivity index (χ2n) is 9.22. The topological polar surface area (TPSA) is 85.0 Å². The van der Waals surface area contributed by atoms with Gasteiger partial charge in [0.05, 0.1) is 18.0 Å². The maximum absolute atomic E-state index is 12.8. The molecule has 2 aromatic rings. The Bertz CT molecular complexity index is 996. The van der Waals surface area contributed by atoms with E-state index in [1.54, 1.807) is 0 Å². The lowest BCUT2D eigenvalue weighted by Crippen LogP contribution is -2.53. The molecule has 9 heteroatoms. The highest BCUT2D eigenvalue weighted by Gasteiger charge is 2.27. The van der Waals surface area contributed by atoms with Crippen LogP contribution < -0.4 is 10.6 Å². The number of hydrogen-bond acceptors (Lipinski definition) is 6. The lowest BCUT2D eigenvalue weighted by Gasteiger charge is -2.37. The summed E-state index contributed by atoms with van der Waals surface area (Å²) >= 11 is 1.45. The van der Waals surface area contributed by atoms with Crippen molar-refractivity contribution in [1.29, 1.82) is 0 Å². The highest BCUT2D eigenvalue weighted by Crippen LogP contribution is 2.16. The van der Waals surface area contributed by atoms with E-state index < -0.39 is 0 Å². The maximum atomic E-state index is 12.8. The first-order chi connectivity index (χ1) is 17.0. The van der Waals surface area contributed by atoms with Crippen LogP contribution in [0.25, 0.3) is 0 Å². The van der Waals surface area contributed by atoms with Crippen molar-refractivity contribution in [1.82, 2.24) is 20.0 Å². The minimum Gasteiger partial charge on any atom is -0.349 e. The number of carbonyl (C=O) groups is 3. The number of thiophene rings is 1. The normalized spacial score (nSPS) is 17.8. The van der Waals surface area contributed by atoms with Crippen LogP contribution in [0.1, 0.15) is 35.0 Å². The van der Waals surface area contributed by atoms with E-state index in [-0.39, 0.29) is 23.8 Å². The molecule has 0 bridgehead atoms. The fourth-order valence-electron chi connectivity index (χ4n) is 4.69. The predicted molar refractivity (Wildman–Crippen MR) is 139 cm³/mol. The van der Waals surface area contributed by atoms with Crippen LogP contribution in [0.3, 0.4) is 0 Å². The van der Waals surface area contributed by atoms with Crippen LogP contribution in [0.15, 0.2) is 41.8 Å². The SMILES string of the molecule is CCc1ccccc1NC(=O)CN1CCN(C(=O)CN2CCC(NC(=O)c3cccs3)CC2)CC1. The fourth-order valence-corrected chi connectivity index (χ4v) is 5.32. The molecular weight excluding hydrogens is 462 g/mol. The van der Waals surface area contributed by atoms with Crippen molar-refractivity contribution >= 4 is 34.7 Å². The van der Waals surface area contributed by atoms with Gasteiger partial charge >= 0.3 is 0 Å². The van der Waals surface area contributed by atoms with Crippen molar-refractivity contribution in [2.75, 3.05) is 57.7 Å². The summed E-state index contributed by atoms with van der Waals surface area (Å²) in [5.74, 6) is 0.127. The number of hydrogen-bond donors (Lipinski definition) is 2. The third-order valence-electron chi connectivity index (χ3n) is 6.79. The zero-order valence-corrected chi connectivity index (χ0v) is 21.2. The molecule has 0 unspecified atom stereocenters. The van der Waals surface area contributed by atoms with Gasteiger partial charge in [0.2, 0.25) is 11.8 Å². The Morgan fingerprint density at radius 2 is 1.63 bits per heavy atom. The van der Waals surface area contributed by atoms with Crippen molar-refractivity contribution < 1.29 is 14.4 Å². The summed E-state index contributed by atoms with van der Waals surface area (Å²) in [6.45, 7) is 7.13. The molecule has 2 fully saturated rings. The third kappa shape index (κ3) is 7.13. The minimum absolute atomic E-state index is 0.00403. The van der Waals surface area contributed by atoms with Gasteiger partial charge in [-0.2, -0.15) is 0 Å². The Labute approximate surface area is 211 Å². The summed E-state index contributed by atoms with van der Waals surface area (Å²) in [6, 6.07) is 11.8. The summed E-state index contributed by atoms with van der Waals surface area (Å²) in [7, 11) is 0. The molecule has 188 valence electrons. The minimum atomic E-state index is -0.0142. The van der Waals surface area contributed by atoms with Gasteiger partial charge < -0.3 is 15.5 Å². The second-order valence-corrected chi connectivity index (χ2v) is 10.2. The number of para-hydroxylation sites is 1. The van der Waals surface area contributed by atoms with Crippen molar-refractivity contribution in [2.24, 2.45) is 0 Å². The highest BCUT2D eigenvalue weighted by atomic mass is 32.1. The number of benzene rings is 1. The van der Waals surface area contributed by atoms with Gasteiger partial charge in [0.1, 0.15) is 0 Å². The van der Waals surface area contributed by atoms with Gasteiger partial charge in [0.25, 0.3) is 5.91 Å². The van der Waals surface area contributed by atoms with E-state index >= 15 is 0 Å². The van der Waals surface area contributed by atoms with E-state index in [0.29, 0.717) is 39.3 Å². The van der Waals surface area contributed by atoms with Crippen LogP contribution in [0.4, 0.5) is 5.69 Å². The van der Waals surface area contributed by atoms with Gasteiger partial charge in [-0.3, -0.25) is 24.2 Å². The number of piperazine rings is 1. The quantitative estimate of drug-likeness (QED) is 0.585. The number of aryl methyl sites for hydroxylation is 1. The van der Waals surface area contributed by atoms with E-state index in [1.807, 2.05) is 46.7 Å². The van der Waals surface area contributed by atoms with Gasteiger partial charge in [-0.05, 0) is 42.3 Å². The summed E-state index contributed by atoms with van der Waals surface area (Å²) < 4.78 is 0. The zero-order valence-electron chi connectivity index (χ0n) is 20.4. The molecule has 2 N–H and O–H groups in total. The van der Waals surface area contributed by atoms with E-state index in [9.17, 15) is 14.4 Å². The number of likely N-dealkylation sites (tertiary alicyclic amines) is 1. The smallest absolute Gasteiger partial charge is 0.261 e. The molecule has 0 radical (unpaired) electrons. The van der Waals surface area contributed by atoms with E-state index in [2.05, 4.69) is 27.4 Å². The highest BCUT2D eigenvalue weighted by molar-refractivity contribution is 7.12. The number of nitrogens with one attached hydrogen (secondary N) is 2. The van der Waals surface area contributed by atoms with Crippen LogP contribution in [0.5, 0.6) is 0 Å². The third-order valence-corrected chi connectivity index (χ3v) is 7.66. The van der Waals surface area contributed by atoms with Crippen LogP contribution in [0, 0.1) is 0 Å². The molecule has 3 heterocycles. The van der Waals surface area contributed by atoms with Crippen molar-refractivity contribution in [3.63, 3.8) is 0 Å². The predicted octanol–water partition coefficient (Wildman–Crippen LogP) is 2.29. The largest absolute Gasteiger partial charge is 0.349 e. The van der Waals surface area contributed by atoms with Gasteiger partial charge in [0, 0.05) is 51.0 Å². The maximum Gasteiger partial charge on any atom is 0.261 e. The molecule has 4 rings (SSSR count). The van der Waals surface area contributed by atoms with Gasteiger partial charge in [-0.15, -0.1) is 11.3 Å². The first-order valence-electron chi connectivity index (χ1n) is 12.5. The van der Waals surface area contributed by atoms with E-state index in [1.165, 1.54) is 11.3 Å². The molecule has 3 amide bonds. The molecule has 0 saturated carbocycles. The fraction of sp³-hybridized carbons (Fsp3) is 0.500. The molecule has 0 atom stereocenters. The molecule has 1 aromatic carbocycles. The van der Waals surface area contributed by atoms with Crippen molar-refractivity contribution in [3.05, 3.63) is 52.2 Å². The number of piperidine rings is 1. The Balaban J connectivity index is 1.14. The second kappa shape index (κ2) is 12.3. The summed E-state index contributed by atoms with van der Waals surface area (Å²) in [5, 5.41) is 8.05. The Kier molecular flexibility index (Phi) is 8.90. The first-order valence-corrected chi connectivity index (χ1v) is 13.3. The molecule has 2 saturated heterocycles. The van der Waals surface area contributed by atoms with Crippen molar-refractivity contribution in [2.45, 2.75) is 32.2 Å². The number of carbonyl (C=O) groups excluding carboxylic acids is 3. The van der Waals surface area contributed by atoms with Crippen LogP contribution in [-0.4, -0.2) is 90.8 Å². The Morgan fingerprint density at radius 3 is 2.31 bits per heavy atom. The molecule has 2 aliphatic rings. The summed E-state index contributed by atoms with van der Waals surface area (Å²) in [5.41, 5.74) is 2.01. The van der Waals surface area contributed by atoms with Crippen molar-refractivity contribution in [3.8, 4) is 0 Å². The first kappa shape index (κ1) is 25.3. The number of amides is 3. The van der Waals surface area contributed by atoms with E-state index in [0.717, 1.165) is 48.5 Å². The van der Waals surface area contributed by atoms with Crippen LogP contribution in [-0.2, 0) is 16.0 Å². The molecule has 35 heavy (non-hydrogen) atoms. The van der Waals surface area contributed by atoms with Gasteiger partial charge in [0.15, 0.2) is 0 Å². The van der Waals surface area contributed by atoms with Gasteiger partial charge in [-0.25, -0.2) is 0 Å². The molecular formula is C26H35N5O3S. The lowest BCUT2D eigenvalue weighted by atomic mass is 10.0. The average molecular weight is 498 g/mol. The van der Waals surface area contributed by atoms with Crippen LogP contribution in [0.2, 0.25) is 0 Å². The zero-order chi connectivity index (χ0) is 24.6. The summed E-state index contributed by atoms with van der Waals surface area (Å²) in [4.78, 5) is 44.5. The number of nitrogens with zero attached hydrogens (tertiary/aromatic N) is 3. The van der Waals surface area contributed by atoms with Crippen LogP contribution >= 0.6 is 11.3 Å². The van der Waals surface area contributed by atoms with E-state index in [4.69, 9.17) is 0 Å².